The standard InChI is InChI=1S/C33H35Br2F2N/c1-31(2)25-16-28(35)30(17-26(25)32(3,4)33(31,5)6)38(22-12-20(36)11-21(37)13-22)29-15-24-19-9-7-18(8-10-19)23(24)14-27(29)34/h11-19H,7-10H2,1-6H3. The molecule has 5 heteroatoms. The maximum atomic E-state index is 14.7. The summed E-state index contributed by atoms with van der Waals surface area (Å²) in [4.78, 5) is 2.03. The first-order chi connectivity index (χ1) is 17.7. The third-order valence-electron chi connectivity index (χ3n) is 10.9. The maximum Gasteiger partial charge on any atom is 0.128 e. The monoisotopic (exact) mass is 641 g/mol. The molecule has 1 fully saturated rings. The SMILES string of the molecule is CC1(C)c2cc(Br)c(N(c3cc(F)cc(F)c3)c3cc4c(cc3Br)C3CCC4CC3)cc2C(C)(C)C1(C)C. The van der Waals surface area contributed by atoms with Gasteiger partial charge >= 0.3 is 0 Å². The van der Waals surface area contributed by atoms with E-state index in [4.69, 9.17) is 0 Å². The Morgan fingerprint density at radius 3 is 1.63 bits per heavy atom. The normalized spacial score (nSPS) is 23.7. The second-order valence-electron chi connectivity index (χ2n) is 13.2. The molecule has 0 saturated heterocycles. The maximum absolute atomic E-state index is 14.7. The van der Waals surface area contributed by atoms with Crippen LogP contribution < -0.4 is 4.90 Å². The van der Waals surface area contributed by atoms with E-state index in [9.17, 15) is 8.78 Å². The van der Waals surface area contributed by atoms with E-state index in [0.29, 0.717) is 17.5 Å². The summed E-state index contributed by atoms with van der Waals surface area (Å²) in [6.45, 7) is 14.0. The number of benzene rings is 3. The third kappa shape index (κ3) is 3.63. The highest BCUT2D eigenvalue weighted by Gasteiger charge is 2.57. The van der Waals surface area contributed by atoms with Crippen molar-refractivity contribution in [1.29, 1.82) is 0 Å². The van der Waals surface area contributed by atoms with Gasteiger partial charge in [0.25, 0.3) is 0 Å². The van der Waals surface area contributed by atoms with E-state index in [1.54, 1.807) is 0 Å². The molecule has 2 bridgehead atoms. The van der Waals surface area contributed by atoms with Crippen LogP contribution >= 0.6 is 31.9 Å². The highest BCUT2D eigenvalue weighted by atomic mass is 79.9. The lowest BCUT2D eigenvalue weighted by Crippen LogP contribution is -2.42. The topological polar surface area (TPSA) is 3.24 Å². The molecule has 1 saturated carbocycles. The average molecular weight is 643 g/mol. The van der Waals surface area contributed by atoms with Crippen LogP contribution in [0.2, 0.25) is 0 Å². The fourth-order valence-corrected chi connectivity index (χ4v) is 8.54. The predicted molar refractivity (Wildman–Crippen MR) is 160 cm³/mol. The van der Waals surface area contributed by atoms with Crippen molar-refractivity contribution in [2.24, 2.45) is 5.41 Å². The van der Waals surface area contributed by atoms with Gasteiger partial charge in [0.05, 0.1) is 17.1 Å². The zero-order valence-electron chi connectivity index (χ0n) is 23.0. The summed E-state index contributed by atoms with van der Waals surface area (Å²) in [5, 5.41) is 0. The fraction of sp³-hybridized carbons (Fsp3) is 0.455. The summed E-state index contributed by atoms with van der Waals surface area (Å²) in [6, 6.07) is 12.8. The Morgan fingerprint density at radius 2 is 1.08 bits per heavy atom. The van der Waals surface area contributed by atoms with Crippen LogP contribution in [0.25, 0.3) is 0 Å². The van der Waals surface area contributed by atoms with Gasteiger partial charge in [0, 0.05) is 15.0 Å². The van der Waals surface area contributed by atoms with Gasteiger partial charge in [-0.25, -0.2) is 8.78 Å². The van der Waals surface area contributed by atoms with Gasteiger partial charge in [0.2, 0.25) is 0 Å². The van der Waals surface area contributed by atoms with Gasteiger partial charge in [0.1, 0.15) is 11.6 Å². The first-order valence-corrected chi connectivity index (χ1v) is 15.3. The van der Waals surface area contributed by atoms with Crippen molar-refractivity contribution in [2.45, 2.75) is 89.9 Å². The van der Waals surface area contributed by atoms with Crippen molar-refractivity contribution >= 4 is 48.9 Å². The van der Waals surface area contributed by atoms with Gasteiger partial charge < -0.3 is 4.90 Å². The molecular weight excluding hydrogens is 608 g/mol. The summed E-state index contributed by atoms with van der Waals surface area (Å²) in [6.07, 6.45) is 4.93. The molecule has 0 heterocycles. The summed E-state index contributed by atoms with van der Waals surface area (Å²) < 4.78 is 31.2. The minimum Gasteiger partial charge on any atom is -0.308 e. The molecule has 0 amide bonds. The van der Waals surface area contributed by atoms with E-state index in [1.807, 2.05) is 4.90 Å². The summed E-state index contributed by atoms with van der Waals surface area (Å²) in [5.74, 6) is -0.00891. The Balaban J connectivity index is 1.62. The first-order valence-electron chi connectivity index (χ1n) is 13.7. The van der Waals surface area contributed by atoms with Crippen LogP contribution in [0.4, 0.5) is 25.8 Å². The number of rotatable bonds is 3. The number of fused-ring (bicyclic) bond motifs is 3. The molecule has 0 unspecified atom stereocenters. The van der Waals surface area contributed by atoms with Crippen molar-refractivity contribution in [2.75, 3.05) is 4.90 Å². The first kappa shape index (κ1) is 26.5. The Morgan fingerprint density at radius 1 is 0.632 bits per heavy atom. The van der Waals surface area contributed by atoms with E-state index in [1.165, 1.54) is 60.1 Å². The molecule has 38 heavy (non-hydrogen) atoms. The minimum atomic E-state index is -0.585. The van der Waals surface area contributed by atoms with E-state index in [0.717, 1.165) is 26.4 Å². The van der Waals surface area contributed by atoms with Crippen molar-refractivity contribution in [3.05, 3.63) is 85.3 Å². The van der Waals surface area contributed by atoms with Crippen LogP contribution in [0.15, 0.2) is 51.4 Å². The van der Waals surface area contributed by atoms with Gasteiger partial charge in [-0.2, -0.15) is 0 Å². The molecule has 0 radical (unpaired) electrons. The number of anilines is 3. The molecule has 0 N–H and O–H groups in total. The van der Waals surface area contributed by atoms with Crippen molar-refractivity contribution < 1.29 is 8.78 Å². The summed E-state index contributed by atoms with van der Waals surface area (Å²) in [7, 11) is 0. The molecule has 7 rings (SSSR count). The van der Waals surface area contributed by atoms with E-state index in [-0.39, 0.29) is 16.2 Å². The van der Waals surface area contributed by atoms with Crippen LogP contribution in [0.1, 0.15) is 101 Å². The molecule has 0 aliphatic heterocycles. The van der Waals surface area contributed by atoms with Crippen LogP contribution in [-0.2, 0) is 10.8 Å². The van der Waals surface area contributed by atoms with Crippen molar-refractivity contribution in [3.8, 4) is 0 Å². The number of halogens is 4. The van der Waals surface area contributed by atoms with Gasteiger partial charge in [0.15, 0.2) is 0 Å². The molecule has 3 aromatic carbocycles. The van der Waals surface area contributed by atoms with Gasteiger partial charge in [-0.15, -0.1) is 0 Å². The zero-order chi connectivity index (χ0) is 27.4. The Hall–Kier alpha value is -1.72. The molecule has 1 nitrogen and oxygen atoms in total. The number of hydrogen-bond acceptors (Lipinski definition) is 1. The van der Waals surface area contributed by atoms with Crippen molar-refractivity contribution in [1.82, 2.24) is 0 Å². The lowest BCUT2D eigenvalue weighted by atomic mass is 9.59. The molecule has 0 spiro atoms. The summed E-state index contributed by atoms with van der Waals surface area (Å²) >= 11 is 7.78. The van der Waals surface area contributed by atoms with Crippen LogP contribution in [0, 0.1) is 17.0 Å². The van der Waals surface area contributed by atoms with Gasteiger partial charge in [-0.1, -0.05) is 41.5 Å². The number of hydrogen-bond donors (Lipinski definition) is 0. The third-order valence-corrected chi connectivity index (χ3v) is 12.2. The van der Waals surface area contributed by atoms with Gasteiger partial charge in [-0.3, -0.25) is 0 Å². The molecule has 4 aliphatic carbocycles. The second-order valence-corrected chi connectivity index (χ2v) is 14.9. The molecule has 3 aromatic rings. The molecule has 0 atom stereocenters. The van der Waals surface area contributed by atoms with E-state index < -0.39 is 11.6 Å². The highest BCUT2D eigenvalue weighted by molar-refractivity contribution is 9.11. The molecule has 0 aromatic heterocycles. The van der Waals surface area contributed by atoms with Crippen LogP contribution in [-0.4, -0.2) is 0 Å². The minimum absolute atomic E-state index is 0.00181. The fourth-order valence-electron chi connectivity index (χ4n) is 7.49. The van der Waals surface area contributed by atoms with E-state index >= 15 is 0 Å². The predicted octanol–water partition coefficient (Wildman–Crippen LogP) is 11.3. The molecular formula is C33H35Br2F2N. The zero-order valence-corrected chi connectivity index (χ0v) is 26.2. The van der Waals surface area contributed by atoms with Crippen LogP contribution in [0.3, 0.4) is 0 Å². The van der Waals surface area contributed by atoms with Crippen molar-refractivity contribution in [3.63, 3.8) is 0 Å². The highest BCUT2D eigenvalue weighted by Crippen LogP contribution is 2.63. The Kier molecular flexibility index (Phi) is 6.02. The quantitative estimate of drug-likeness (QED) is 0.275. The largest absolute Gasteiger partial charge is 0.308 e. The second kappa shape index (κ2) is 8.64. The Labute approximate surface area is 242 Å². The van der Waals surface area contributed by atoms with Crippen LogP contribution in [0.5, 0.6) is 0 Å². The molecule has 200 valence electrons. The lowest BCUT2D eigenvalue weighted by molar-refractivity contribution is 0.125. The Bertz CT molecular complexity index is 1440. The lowest BCUT2D eigenvalue weighted by Gasteiger charge is -2.44. The number of nitrogens with zero attached hydrogens (tertiary/aromatic N) is 1. The smallest absolute Gasteiger partial charge is 0.128 e. The summed E-state index contributed by atoms with van der Waals surface area (Å²) in [5.41, 5.74) is 7.55. The van der Waals surface area contributed by atoms with E-state index in [2.05, 4.69) is 97.7 Å². The van der Waals surface area contributed by atoms with Gasteiger partial charge in [-0.05, 0) is 144 Å². The average Bonchev–Trinajstić information content (AvgIpc) is 2.94. The molecule has 4 aliphatic rings.